The zero-order valence-corrected chi connectivity index (χ0v) is 12.6. The maximum Gasteiger partial charge on any atom is 0.427 e. The summed E-state index contributed by atoms with van der Waals surface area (Å²) in [7, 11) is 0. The molecule has 1 nitrogen and oxygen atoms in total. The molecule has 0 heterocycles. The second-order valence-corrected chi connectivity index (χ2v) is 5.01. The highest BCUT2D eigenvalue weighted by molar-refractivity contribution is 5.32. The molecule has 0 bridgehead atoms. The summed E-state index contributed by atoms with van der Waals surface area (Å²) in [5.41, 5.74) is -0.686. The van der Waals surface area contributed by atoms with E-state index < -0.39 is 34.9 Å². The third kappa shape index (κ3) is 3.63. The SMILES string of the molecule is CCc1ccc(OC(F)(F)c2cc(F)c(CC)c(F)c2)c(F)c1. The fraction of sp³-hybridized carbons (Fsp3) is 0.294. The van der Waals surface area contributed by atoms with Crippen LogP contribution in [-0.2, 0) is 19.0 Å². The lowest BCUT2D eigenvalue weighted by Gasteiger charge is -2.19. The molecule has 0 spiro atoms. The van der Waals surface area contributed by atoms with Crippen LogP contribution in [0.25, 0.3) is 0 Å². The normalized spacial score (nSPS) is 11.6. The molecule has 0 fully saturated rings. The Bertz CT molecular complexity index is 689. The van der Waals surface area contributed by atoms with E-state index in [1.165, 1.54) is 13.0 Å². The first-order valence-electron chi connectivity index (χ1n) is 7.12. The van der Waals surface area contributed by atoms with Crippen LogP contribution in [0.4, 0.5) is 22.0 Å². The number of rotatable bonds is 5. The van der Waals surface area contributed by atoms with Crippen molar-refractivity contribution in [1.29, 1.82) is 0 Å². The average Bonchev–Trinajstić information content (AvgIpc) is 2.48. The highest BCUT2D eigenvalue weighted by Gasteiger charge is 2.37. The van der Waals surface area contributed by atoms with E-state index in [1.54, 1.807) is 6.92 Å². The molecule has 0 radical (unpaired) electrons. The van der Waals surface area contributed by atoms with Crippen LogP contribution in [-0.4, -0.2) is 0 Å². The van der Waals surface area contributed by atoms with Crippen molar-refractivity contribution < 1.29 is 26.7 Å². The first kappa shape index (κ1) is 17.2. The third-order valence-corrected chi connectivity index (χ3v) is 3.47. The molecule has 0 amide bonds. The van der Waals surface area contributed by atoms with Gasteiger partial charge in [-0.05, 0) is 42.7 Å². The van der Waals surface area contributed by atoms with Crippen LogP contribution in [0.2, 0.25) is 0 Å². The summed E-state index contributed by atoms with van der Waals surface area (Å²) in [6.07, 6.45) is -3.51. The summed E-state index contributed by atoms with van der Waals surface area (Å²) in [5.74, 6) is -3.83. The lowest BCUT2D eigenvalue weighted by molar-refractivity contribution is -0.187. The van der Waals surface area contributed by atoms with E-state index in [4.69, 9.17) is 0 Å². The van der Waals surface area contributed by atoms with Crippen molar-refractivity contribution in [3.63, 3.8) is 0 Å². The Morgan fingerprint density at radius 1 is 0.870 bits per heavy atom. The van der Waals surface area contributed by atoms with Crippen molar-refractivity contribution in [2.45, 2.75) is 32.8 Å². The van der Waals surface area contributed by atoms with Crippen molar-refractivity contribution in [2.24, 2.45) is 0 Å². The molecule has 0 saturated carbocycles. The van der Waals surface area contributed by atoms with Gasteiger partial charge >= 0.3 is 6.11 Å². The minimum Gasteiger partial charge on any atom is -0.426 e. The van der Waals surface area contributed by atoms with Crippen molar-refractivity contribution >= 4 is 0 Å². The molecule has 0 atom stereocenters. The Hall–Kier alpha value is -2.11. The molecule has 2 aromatic rings. The minimum absolute atomic E-state index is 0.0253. The molecular weight excluding hydrogens is 315 g/mol. The topological polar surface area (TPSA) is 9.23 Å². The number of hydrogen-bond acceptors (Lipinski definition) is 1. The Morgan fingerprint density at radius 3 is 1.96 bits per heavy atom. The van der Waals surface area contributed by atoms with Gasteiger partial charge < -0.3 is 4.74 Å². The van der Waals surface area contributed by atoms with Crippen molar-refractivity contribution in [3.05, 3.63) is 64.5 Å². The van der Waals surface area contributed by atoms with E-state index in [0.29, 0.717) is 24.1 Å². The van der Waals surface area contributed by atoms with Gasteiger partial charge in [-0.25, -0.2) is 13.2 Å². The summed E-state index contributed by atoms with van der Waals surface area (Å²) in [6, 6.07) is 4.58. The Labute approximate surface area is 130 Å². The molecule has 2 rings (SSSR count). The predicted molar refractivity (Wildman–Crippen MR) is 76.0 cm³/mol. The monoisotopic (exact) mass is 330 g/mol. The first-order chi connectivity index (χ1) is 10.8. The van der Waals surface area contributed by atoms with Crippen LogP contribution in [0.3, 0.4) is 0 Å². The summed E-state index contributed by atoms with van der Waals surface area (Å²) in [5, 5.41) is 0. The van der Waals surface area contributed by atoms with E-state index in [1.807, 2.05) is 0 Å². The first-order valence-corrected chi connectivity index (χ1v) is 7.12. The van der Waals surface area contributed by atoms with Crippen molar-refractivity contribution in [2.75, 3.05) is 0 Å². The Balaban J connectivity index is 2.35. The van der Waals surface area contributed by atoms with Crippen LogP contribution in [0, 0.1) is 17.5 Å². The van der Waals surface area contributed by atoms with E-state index in [-0.39, 0.29) is 12.0 Å². The van der Waals surface area contributed by atoms with Crippen molar-refractivity contribution in [1.82, 2.24) is 0 Å². The Kier molecular flexibility index (Phi) is 4.92. The molecule has 0 unspecified atom stereocenters. The number of halogens is 5. The summed E-state index contributed by atoms with van der Waals surface area (Å²) >= 11 is 0. The van der Waals surface area contributed by atoms with Gasteiger partial charge in [-0.3, -0.25) is 0 Å². The average molecular weight is 330 g/mol. The van der Waals surface area contributed by atoms with Gasteiger partial charge in [0, 0.05) is 5.56 Å². The van der Waals surface area contributed by atoms with Gasteiger partial charge in [-0.2, -0.15) is 8.78 Å². The quantitative estimate of drug-likeness (QED) is 0.671. The van der Waals surface area contributed by atoms with Gasteiger partial charge in [-0.1, -0.05) is 19.9 Å². The fourth-order valence-electron chi connectivity index (χ4n) is 2.15. The van der Waals surface area contributed by atoms with Gasteiger partial charge in [0.1, 0.15) is 11.6 Å². The summed E-state index contributed by atoms with van der Waals surface area (Å²) < 4.78 is 73.6. The number of alkyl halides is 2. The zero-order chi connectivity index (χ0) is 17.2. The molecule has 0 aliphatic carbocycles. The molecule has 2 aromatic carbocycles. The number of hydrogen-bond donors (Lipinski definition) is 0. The minimum atomic E-state index is -4.07. The third-order valence-electron chi connectivity index (χ3n) is 3.47. The molecule has 124 valence electrons. The lowest BCUT2D eigenvalue weighted by Crippen LogP contribution is -2.23. The standard InChI is InChI=1S/C17H15F5O/c1-3-10-5-6-16(15(20)7-10)23-17(21,22)11-8-13(18)12(4-2)14(19)9-11/h5-9H,3-4H2,1-2H3. The fourth-order valence-corrected chi connectivity index (χ4v) is 2.15. The van der Waals surface area contributed by atoms with Gasteiger partial charge in [-0.15, -0.1) is 0 Å². The number of aryl methyl sites for hydroxylation is 1. The molecule has 0 aromatic heterocycles. The molecule has 23 heavy (non-hydrogen) atoms. The molecule has 0 saturated heterocycles. The van der Waals surface area contributed by atoms with Crippen LogP contribution in [0.1, 0.15) is 30.5 Å². The zero-order valence-electron chi connectivity index (χ0n) is 12.6. The molecule has 0 N–H and O–H groups in total. The highest BCUT2D eigenvalue weighted by Crippen LogP contribution is 2.34. The van der Waals surface area contributed by atoms with Crippen LogP contribution in [0.5, 0.6) is 5.75 Å². The largest absolute Gasteiger partial charge is 0.427 e. The molecule has 6 heteroatoms. The molecule has 0 aliphatic heterocycles. The van der Waals surface area contributed by atoms with E-state index in [0.717, 1.165) is 12.1 Å². The van der Waals surface area contributed by atoms with Crippen LogP contribution < -0.4 is 4.74 Å². The number of benzene rings is 2. The van der Waals surface area contributed by atoms with Crippen LogP contribution in [0.15, 0.2) is 30.3 Å². The molecular formula is C17H15F5O. The lowest BCUT2D eigenvalue weighted by atomic mass is 10.1. The highest BCUT2D eigenvalue weighted by atomic mass is 19.3. The van der Waals surface area contributed by atoms with Gasteiger partial charge in [0.2, 0.25) is 0 Å². The van der Waals surface area contributed by atoms with E-state index in [2.05, 4.69) is 4.74 Å². The Morgan fingerprint density at radius 2 is 1.48 bits per heavy atom. The smallest absolute Gasteiger partial charge is 0.426 e. The van der Waals surface area contributed by atoms with Gasteiger partial charge in [0.05, 0.1) is 5.56 Å². The molecule has 0 aliphatic rings. The number of ether oxygens (including phenoxy) is 1. The maximum absolute atomic E-state index is 14.1. The summed E-state index contributed by atoms with van der Waals surface area (Å²) in [4.78, 5) is 0. The summed E-state index contributed by atoms with van der Waals surface area (Å²) in [6.45, 7) is 3.28. The van der Waals surface area contributed by atoms with Gasteiger partial charge in [0.15, 0.2) is 11.6 Å². The second-order valence-electron chi connectivity index (χ2n) is 5.01. The van der Waals surface area contributed by atoms with Gasteiger partial charge in [0.25, 0.3) is 0 Å². The maximum atomic E-state index is 14.1. The van der Waals surface area contributed by atoms with Crippen LogP contribution >= 0.6 is 0 Å². The van der Waals surface area contributed by atoms with E-state index >= 15 is 0 Å². The predicted octanol–water partition coefficient (Wildman–Crippen LogP) is 5.36. The van der Waals surface area contributed by atoms with E-state index in [9.17, 15) is 22.0 Å². The van der Waals surface area contributed by atoms with Crippen molar-refractivity contribution in [3.8, 4) is 5.75 Å². The second kappa shape index (κ2) is 6.56.